The highest BCUT2D eigenvalue weighted by atomic mass is 19.2. The lowest BCUT2D eigenvalue weighted by molar-refractivity contribution is -0.119. The number of rotatable bonds is 12. The molecule has 0 radical (unpaired) electrons. The number of amides is 2. The summed E-state index contributed by atoms with van der Waals surface area (Å²) >= 11 is 0. The molecule has 2 heterocycles. The van der Waals surface area contributed by atoms with Crippen LogP contribution in [0.4, 0.5) is 17.6 Å². The molecule has 2 fully saturated rings. The van der Waals surface area contributed by atoms with Gasteiger partial charge in [-0.25, -0.2) is 17.6 Å². The van der Waals surface area contributed by atoms with Gasteiger partial charge in [-0.05, 0) is 88.2 Å². The van der Waals surface area contributed by atoms with Gasteiger partial charge in [-0.15, -0.1) is 0 Å². The largest absolute Gasteiger partial charge is 0.385 e. The van der Waals surface area contributed by atoms with Crippen molar-refractivity contribution in [3.8, 4) is 0 Å². The van der Waals surface area contributed by atoms with Crippen molar-refractivity contribution < 1.29 is 37.4 Å². The molecule has 12 heteroatoms. The molecule has 2 aliphatic heterocycles. The van der Waals surface area contributed by atoms with Gasteiger partial charge >= 0.3 is 0 Å². The van der Waals surface area contributed by atoms with E-state index < -0.39 is 34.5 Å². The Balaban J connectivity index is 0.000000250. The van der Waals surface area contributed by atoms with Crippen LogP contribution in [-0.2, 0) is 20.8 Å². The normalized spacial score (nSPS) is 20.8. The molecule has 2 aromatic rings. The number of hydrogen-bond acceptors (Lipinski definition) is 6. The Morgan fingerprint density at radius 2 is 1.30 bits per heavy atom. The zero-order chi connectivity index (χ0) is 33.7. The number of aliphatic hydroxyl groups is 2. The van der Waals surface area contributed by atoms with Crippen LogP contribution in [0.3, 0.4) is 0 Å². The SMILES string of the molecule is CC(=O)NCCC[C@@](O)(c1cc(F)cc(F)c1)[C@@H]1CCCNC1.CC(=O)NCCC[C@@](O)(c1cccc(F)c1F)[C@@H]1CCCNC1. The number of carbonyl (C=O) groups is 2. The first-order chi connectivity index (χ1) is 21.9. The van der Waals surface area contributed by atoms with E-state index in [0.717, 1.165) is 50.9 Å². The van der Waals surface area contributed by atoms with Crippen LogP contribution in [-0.4, -0.2) is 61.3 Å². The standard InChI is InChI=1S/2C17H24F2N2O2/c1-12(22)21-10-4-8-17(23,13-5-3-9-20-11-13)14-6-2-7-15(18)16(14)19;1-12(22)21-7-3-5-17(23,13-4-2-6-20-11-13)14-8-15(18)10-16(19)9-14/h2,6-7,13,20,23H,3-5,8-11H2,1H3,(H,21,22);8-10,13,20,23H,2-7,11H2,1H3,(H,21,22)/t2*13-,17+/m11/s1. The number of hydrogen-bond donors (Lipinski definition) is 6. The Bertz CT molecular complexity index is 1270. The molecule has 0 spiro atoms. The van der Waals surface area contributed by atoms with Crippen molar-refractivity contribution in [2.45, 2.75) is 76.4 Å². The summed E-state index contributed by atoms with van der Waals surface area (Å²) < 4.78 is 55.1. The first kappa shape index (κ1) is 37.4. The third kappa shape index (κ3) is 10.5. The van der Waals surface area contributed by atoms with E-state index in [9.17, 15) is 37.4 Å². The third-order valence-electron chi connectivity index (χ3n) is 8.94. The minimum absolute atomic E-state index is 0.00836. The Kier molecular flexibility index (Phi) is 14.4. The van der Waals surface area contributed by atoms with Crippen molar-refractivity contribution >= 4 is 11.8 Å². The van der Waals surface area contributed by atoms with Crippen molar-refractivity contribution in [2.24, 2.45) is 11.8 Å². The molecular weight excluding hydrogens is 604 g/mol. The van der Waals surface area contributed by atoms with E-state index in [1.54, 1.807) is 0 Å². The highest BCUT2D eigenvalue weighted by Crippen LogP contribution is 2.40. The fraction of sp³-hybridized carbons (Fsp3) is 0.588. The monoisotopic (exact) mass is 652 g/mol. The summed E-state index contributed by atoms with van der Waals surface area (Å²) in [4.78, 5) is 21.9. The molecule has 0 saturated carbocycles. The maximum absolute atomic E-state index is 14.3. The molecule has 0 unspecified atom stereocenters. The Morgan fingerprint density at radius 1 is 0.804 bits per heavy atom. The van der Waals surface area contributed by atoms with Gasteiger partial charge in [0, 0.05) is 63.5 Å². The molecule has 0 aliphatic carbocycles. The van der Waals surface area contributed by atoms with Crippen molar-refractivity contribution in [2.75, 3.05) is 39.3 Å². The highest BCUT2D eigenvalue weighted by Gasteiger charge is 2.41. The first-order valence-electron chi connectivity index (χ1n) is 16.1. The molecule has 6 N–H and O–H groups in total. The summed E-state index contributed by atoms with van der Waals surface area (Å²) in [6, 6.07) is 7.14. The van der Waals surface area contributed by atoms with E-state index in [4.69, 9.17) is 0 Å². The molecule has 4 rings (SSSR count). The minimum atomic E-state index is -1.45. The lowest BCUT2D eigenvalue weighted by atomic mass is 9.74. The molecule has 8 nitrogen and oxygen atoms in total. The second-order valence-electron chi connectivity index (χ2n) is 12.4. The lowest BCUT2D eigenvalue weighted by Gasteiger charge is -2.39. The second-order valence-corrected chi connectivity index (χ2v) is 12.4. The van der Waals surface area contributed by atoms with Crippen molar-refractivity contribution in [3.63, 3.8) is 0 Å². The quantitative estimate of drug-likeness (QED) is 0.152. The molecule has 0 bridgehead atoms. The van der Waals surface area contributed by atoms with E-state index >= 15 is 0 Å². The molecule has 0 aromatic heterocycles. The zero-order valence-corrected chi connectivity index (χ0v) is 26.7. The fourth-order valence-electron chi connectivity index (χ4n) is 6.55. The maximum Gasteiger partial charge on any atom is 0.216 e. The van der Waals surface area contributed by atoms with E-state index in [1.165, 1.54) is 38.1 Å². The van der Waals surface area contributed by atoms with Crippen LogP contribution in [0, 0.1) is 35.1 Å². The van der Waals surface area contributed by atoms with Gasteiger partial charge in [0.25, 0.3) is 0 Å². The van der Waals surface area contributed by atoms with Crippen LogP contribution in [0.15, 0.2) is 36.4 Å². The summed E-state index contributed by atoms with van der Waals surface area (Å²) in [5.74, 6) is -3.91. The van der Waals surface area contributed by atoms with Gasteiger partial charge < -0.3 is 31.5 Å². The van der Waals surface area contributed by atoms with Gasteiger partial charge in [0.15, 0.2) is 11.6 Å². The first-order valence-corrected chi connectivity index (χ1v) is 16.1. The average Bonchev–Trinajstić information content (AvgIpc) is 3.03. The number of halogens is 4. The number of nitrogens with one attached hydrogen (secondary N) is 4. The molecule has 2 amide bonds. The van der Waals surface area contributed by atoms with Crippen LogP contribution in [0.5, 0.6) is 0 Å². The van der Waals surface area contributed by atoms with E-state index in [2.05, 4.69) is 21.3 Å². The summed E-state index contributed by atoms with van der Waals surface area (Å²) in [6.45, 7) is 6.59. The van der Waals surface area contributed by atoms with Gasteiger partial charge in [-0.3, -0.25) is 9.59 Å². The number of piperidine rings is 2. The highest BCUT2D eigenvalue weighted by molar-refractivity contribution is 5.73. The summed E-state index contributed by atoms with van der Waals surface area (Å²) in [5.41, 5.74) is -2.48. The Hall–Kier alpha value is -3.06. The van der Waals surface area contributed by atoms with Crippen LogP contribution in [0.1, 0.15) is 76.3 Å². The van der Waals surface area contributed by atoms with E-state index in [1.807, 2.05) is 0 Å². The predicted molar refractivity (Wildman–Crippen MR) is 168 cm³/mol. The molecule has 4 atom stereocenters. The molecule has 2 aliphatic rings. The third-order valence-corrected chi connectivity index (χ3v) is 8.94. The minimum Gasteiger partial charge on any atom is -0.385 e. The van der Waals surface area contributed by atoms with Crippen LogP contribution < -0.4 is 21.3 Å². The Morgan fingerprint density at radius 3 is 1.78 bits per heavy atom. The zero-order valence-electron chi connectivity index (χ0n) is 26.7. The summed E-state index contributed by atoms with van der Waals surface area (Å²) in [7, 11) is 0. The summed E-state index contributed by atoms with van der Waals surface area (Å²) in [6.07, 6.45) is 4.96. The predicted octanol–water partition coefficient (Wildman–Crippen LogP) is 4.14. The lowest BCUT2D eigenvalue weighted by Crippen LogP contribution is -2.45. The second kappa shape index (κ2) is 17.7. The molecule has 256 valence electrons. The van der Waals surface area contributed by atoms with Gasteiger partial charge in [-0.1, -0.05) is 12.1 Å². The summed E-state index contributed by atoms with van der Waals surface area (Å²) in [5, 5.41) is 34.2. The van der Waals surface area contributed by atoms with Crippen molar-refractivity contribution in [1.29, 1.82) is 0 Å². The number of benzene rings is 2. The molecule has 2 aromatic carbocycles. The Labute approximate surface area is 268 Å². The van der Waals surface area contributed by atoms with Gasteiger partial charge in [0.05, 0.1) is 11.2 Å². The number of carbonyl (C=O) groups excluding carboxylic acids is 2. The van der Waals surface area contributed by atoms with Crippen LogP contribution >= 0.6 is 0 Å². The van der Waals surface area contributed by atoms with Crippen molar-refractivity contribution in [3.05, 3.63) is 70.8 Å². The molecule has 2 saturated heterocycles. The maximum atomic E-state index is 14.3. The molecular formula is C34H48F4N4O4. The van der Waals surface area contributed by atoms with E-state index in [-0.39, 0.29) is 41.2 Å². The van der Waals surface area contributed by atoms with Gasteiger partial charge in [-0.2, -0.15) is 0 Å². The van der Waals surface area contributed by atoms with Crippen molar-refractivity contribution in [1.82, 2.24) is 21.3 Å². The van der Waals surface area contributed by atoms with Crippen LogP contribution in [0.25, 0.3) is 0 Å². The van der Waals surface area contributed by atoms with Gasteiger partial charge in [0.1, 0.15) is 11.6 Å². The fourth-order valence-corrected chi connectivity index (χ4v) is 6.55. The van der Waals surface area contributed by atoms with Gasteiger partial charge in [0.2, 0.25) is 11.8 Å². The average molecular weight is 653 g/mol. The molecule has 46 heavy (non-hydrogen) atoms. The van der Waals surface area contributed by atoms with E-state index in [0.29, 0.717) is 45.4 Å². The smallest absolute Gasteiger partial charge is 0.216 e. The topological polar surface area (TPSA) is 123 Å². The van der Waals surface area contributed by atoms with Crippen LogP contribution in [0.2, 0.25) is 0 Å².